The molecule has 1 aromatic heterocycles. The predicted octanol–water partition coefficient (Wildman–Crippen LogP) is 2.35. The lowest BCUT2D eigenvalue weighted by atomic mass is 10.3. The van der Waals surface area contributed by atoms with Gasteiger partial charge in [0.05, 0.1) is 17.1 Å². The highest BCUT2D eigenvalue weighted by molar-refractivity contribution is 7.11. The smallest absolute Gasteiger partial charge is 0.308 e. The molecule has 0 atom stereocenters. The summed E-state index contributed by atoms with van der Waals surface area (Å²) in [7, 11) is 2.12. The summed E-state index contributed by atoms with van der Waals surface area (Å²) in [6.45, 7) is 6.18. The van der Waals surface area contributed by atoms with E-state index in [-0.39, 0.29) is 6.42 Å². The summed E-state index contributed by atoms with van der Waals surface area (Å²) in [5.41, 5.74) is 0.869. The van der Waals surface area contributed by atoms with Gasteiger partial charge in [0.2, 0.25) is 0 Å². The van der Waals surface area contributed by atoms with Crippen molar-refractivity contribution in [1.29, 1.82) is 0 Å². The van der Waals surface area contributed by atoms with Crippen LogP contribution in [0.1, 0.15) is 35.3 Å². The molecule has 1 N–H and O–H groups in total. The van der Waals surface area contributed by atoms with E-state index >= 15 is 0 Å². The molecule has 1 heterocycles. The van der Waals surface area contributed by atoms with Crippen molar-refractivity contribution in [2.45, 2.75) is 39.5 Å². The Morgan fingerprint density at radius 1 is 1.44 bits per heavy atom. The number of hydrogen-bond donors (Lipinski definition) is 1. The summed E-state index contributed by atoms with van der Waals surface area (Å²) in [4.78, 5) is 18.3. The van der Waals surface area contributed by atoms with E-state index in [4.69, 9.17) is 5.11 Å². The minimum atomic E-state index is -0.784. The number of carboxylic acids is 1. The third-order valence-corrected chi connectivity index (χ3v) is 4.07. The number of hydrogen-bond acceptors (Lipinski definition) is 4. The largest absolute Gasteiger partial charge is 0.481 e. The van der Waals surface area contributed by atoms with Crippen LogP contribution in [0.2, 0.25) is 0 Å². The Labute approximate surface area is 113 Å². The number of aliphatic carboxylic acids is 1. The van der Waals surface area contributed by atoms with Crippen molar-refractivity contribution in [3.8, 4) is 0 Å². The van der Waals surface area contributed by atoms with Gasteiger partial charge in [-0.3, -0.25) is 4.79 Å². The average Bonchev–Trinajstić information content (AvgIpc) is 2.64. The van der Waals surface area contributed by atoms with Gasteiger partial charge in [0.25, 0.3) is 0 Å². The quantitative estimate of drug-likeness (QED) is 0.788. The van der Waals surface area contributed by atoms with Crippen LogP contribution in [0.3, 0.4) is 0 Å². The van der Waals surface area contributed by atoms with Crippen LogP contribution >= 0.6 is 11.3 Å². The lowest BCUT2D eigenvalue weighted by Gasteiger charge is -2.14. The Morgan fingerprint density at radius 2 is 2.17 bits per heavy atom. The fraction of sp³-hybridized carbons (Fsp3) is 0.692. The standard InChI is InChI=1S/C13H22N2O2S/c1-4-5-7-15(3)8-6-12-14-10(2)11(18-12)9-13(16)17/h4-9H2,1-3H3,(H,16,17). The highest BCUT2D eigenvalue weighted by Crippen LogP contribution is 2.19. The minimum Gasteiger partial charge on any atom is -0.481 e. The molecular weight excluding hydrogens is 248 g/mol. The van der Waals surface area contributed by atoms with E-state index in [9.17, 15) is 4.79 Å². The topological polar surface area (TPSA) is 53.4 Å². The molecular formula is C13H22N2O2S. The predicted molar refractivity (Wildman–Crippen MR) is 74.3 cm³/mol. The van der Waals surface area contributed by atoms with E-state index < -0.39 is 5.97 Å². The van der Waals surface area contributed by atoms with Crippen LogP contribution in [0.15, 0.2) is 0 Å². The summed E-state index contributed by atoms with van der Waals surface area (Å²) in [5, 5.41) is 9.83. The zero-order valence-electron chi connectivity index (χ0n) is 11.4. The second-order valence-electron chi connectivity index (χ2n) is 4.59. The molecule has 18 heavy (non-hydrogen) atoms. The summed E-state index contributed by atoms with van der Waals surface area (Å²) >= 11 is 1.54. The van der Waals surface area contributed by atoms with Gasteiger partial charge in [-0.2, -0.15) is 0 Å². The molecule has 102 valence electrons. The number of aromatic nitrogens is 1. The van der Waals surface area contributed by atoms with E-state index in [1.54, 1.807) is 0 Å². The van der Waals surface area contributed by atoms with Gasteiger partial charge < -0.3 is 10.0 Å². The van der Waals surface area contributed by atoms with Gasteiger partial charge in [-0.1, -0.05) is 13.3 Å². The molecule has 0 radical (unpaired) electrons. The van der Waals surface area contributed by atoms with E-state index in [1.807, 2.05) is 6.92 Å². The van der Waals surface area contributed by atoms with Crippen molar-refractivity contribution in [2.24, 2.45) is 0 Å². The first-order valence-corrected chi connectivity index (χ1v) is 7.20. The first-order valence-electron chi connectivity index (χ1n) is 6.38. The zero-order valence-corrected chi connectivity index (χ0v) is 12.2. The maximum absolute atomic E-state index is 10.7. The molecule has 0 fully saturated rings. The van der Waals surface area contributed by atoms with Crippen molar-refractivity contribution in [1.82, 2.24) is 9.88 Å². The number of thiazole rings is 1. The van der Waals surface area contributed by atoms with E-state index in [1.165, 1.54) is 24.2 Å². The highest BCUT2D eigenvalue weighted by atomic mass is 32.1. The molecule has 1 rings (SSSR count). The fourth-order valence-corrected chi connectivity index (χ4v) is 2.77. The number of carboxylic acid groups (broad SMARTS) is 1. The Morgan fingerprint density at radius 3 is 2.78 bits per heavy atom. The maximum Gasteiger partial charge on any atom is 0.308 e. The lowest BCUT2D eigenvalue weighted by molar-refractivity contribution is -0.136. The molecule has 0 amide bonds. The monoisotopic (exact) mass is 270 g/mol. The van der Waals surface area contributed by atoms with Crippen LogP contribution in [0.25, 0.3) is 0 Å². The Hall–Kier alpha value is -0.940. The van der Waals surface area contributed by atoms with Crippen LogP contribution in [0.4, 0.5) is 0 Å². The van der Waals surface area contributed by atoms with Gasteiger partial charge in [-0.25, -0.2) is 4.98 Å². The molecule has 5 heteroatoms. The van der Waals surface area contributed by atoms with Crippen molar-refractivity contribution >= 4 is 17.3 Å². The summed E-state index contributed by atoms with van der Waals surface area (Å²) < 4.78 is 0. The van der Waals surface area contributed by atoms with Gasteiger partial charge in [0.1, 0.15) is 0 Å². The minimum absolute atomic E-state index is 0.0924. The number of aryl methyl sites for hydroxylation is 1. The van der Waals surface area contributed by atoms with E-state index in [2.05, 4.69) is 23.9 Å². The highest BCUT2D eigenvalue weighted by Gasteiger charge is 2.11. The van der Waals surface area contributed by atoms with Gasteiger partial charge in [-0.05, 0) is 26.9 Å². The van der Waals surface area contributed by atoms with Crippen LogP contribution in [-0.4, -0.2) is 41.1 Å². The number of rotatable bonds is 8. The fourth-order valence-electron chi connectivity index (χ4n) is 1.72. The Bertz CT molecular complexity index is 390. The van der Waals surface area contributed by atoms with Crippen LogP contribution in [0, 0.1) is 6.92 Å². The van der Waals surface area contributed by atoms with Crippen molar-refractivity contribution < 1.29 is 9.90 Å². The molecule has 0 saturated carbocycles. The summed E-state index contributed by atoms with van der Waals surface area (Å²) in [6.07, 6.45) is 3.43. The lowest BCUT2D eigenvalue weighted by Crippen LogP contribution is -2.22. The number of nitrogens with zero attached hydrogens (tertiary/aromatic N) is 2. The second-order valence-corrected chi connectivity index (χ2v) is 5.76. The molecule has 0 aromatic carbocycles. The van der Waals surface area contributed by atoms with Crippen molar-refractivity contribution in [3.05, 3.63) is 15.6 Å². The second kappa shape index (κ2) is 7.48. The SMILES string of the molecule is CCCCN(C)CCc1nc(C)c(CC(=O)O)s1. The number of carbonyl (C=O) groups is 1. The van der Waals surface area contributed by atoms with Crippen molar-refractivity contribution in [2.75, 3.05) is 20.1 Å². The molecule has 0 aliphatic carbocycles. The number of likely N-dealkylation sites (N-methyl/N-ethyl adjacent to an activating group) is 1. The van der Waals surface area contributed by atoms with Crippen LogP contribution in [0.5, 0.6) is 0 Å². The average molecular weight is 270 g/mol. The molecule has 0 spiro atoms. The first-order chi connectivity index (χ1) is 8.52. The van der Waals surface area contributed by atoms with Crippen molar-refractivity contribution in [3.63, 3.8) is 0 Å². The molecule has 0 saturated heterocycles. The first kappa shape index (κ1) is 15.1. The Kier molecular flexibility index (Phi) is 6.29. The van der Waals surface area contributed by atoms with Crippen LogP contribution in [-0.2, 0) is 17.6 Å². The number of unbranched alkanes of at least 4 members (excludes halogenated alkanes) is 1. The molecule has 0 aliphatic rings. The van der Waals surface area contributed by atoms with E-state index in [0.29, 0.717) is 0 Å². The van der Waals surface area contributed by atoms with Gasteiger partial charge in [0, 0.05) is 17.8 Å². The van der Waals surface area contributed by atoms with Gasteiger partial charge >= 0.3 is 5.97 Å². The normalized spacial score (nSPS) is 11.1. The molecule has 0 bridgehead atoms. The maximum atomic E-state index is 10.7. The zero-order chi connectivity index (χ0) is 13.5. The van der Waals surface area contributed by atoms with Gasteiger partial charge in [-0.15, -0.1) is 11.3 Å². The third-order valence-electron chi connectivity index (χ3n) is 2.85. The van der Waals surface area contributed by atoms with E-state index in [0.717, 1.165) is 35.1 Å². The summed E-state index contributed by atoms with van der Waals surface area (Å²) in [6, 6.07) is 0. The van der Waals surface area contributed by atoms with Gasteiger partial charge in [0.15, 0.2) is 0 Å². The molecule has 4 nitrogen and oxygen atoms in total. The third kappa shape index (κ3) is 5.14. The Balaban J connectivity index is 2.45. The molecule has 0 aliphatic heterocycles. The van der Waals surface area contributed by atoms with Crippen LogP contribution < -0.4 is 0 Å². The summed E-state index contributed by atoms with van der Waals surface area (Å²) in [5.74, 6) is -0.784. The molecule has 0 unspecified atom stereocenters. The molecule has 1 aromatic rings.